The van der Waals surface area contributed by atoms with E-state index in [1.54, 1.807) is 24.3 Å². The molecule has 240 valence electrons. The standard InChI is InChI=1S/C32H26N4O8S3/c1-19(37)43-27-9-5-3-7-25(27)29(39)35-31(45)33-21-11-15-23(16-12-21)47(41,42)24-17-13-22(14-18-24)34-32(46)36-30(40)26-8-4-6-10-28(26)44-20(2)38/h3-18H,1-2H3,(H2,33,35,39,45)(H2,34,36,40,46). The van der Waals surface area contributed by atoms with Crippen molar-refractivity contribution in [3.05, 3.63) is 108 Å². The number of carbonyl (C=O) groups is 4. The van der Waals surface area contributed by atoms with Crippen molar-refractivity contribution in [3.63, 3.8) is 0 Å². The van der Waals surface area contributed by atoms with E-state index in [-0.39, 0.29) is 42.6 Å². The highest BCUT2D eigenvalue weighted by molar-refractivity contribution is 7.91. The summed E-state index contributed by atoms with van der Waals surface area (Å²) < 4.78 is 36.6. The van der Waals surface area contributed by atoms with Crippen LogP contribution in [0.25, 0.3) is 0 Å². The Morgan fingerprint density at radius 2 is 0.894 bits per heavy atom. The van der Waals surface area contributed by atoms with Crippen LogP contribution in [0.3, 0.4) is 0 Å². The zero-order chi connectivity index (χ0) is 34.1. The van der Waals surface area contributed by atoms with Crippen molar-refractivity contribution in [2.75, 3.05) is 10.6 Å². The van der Waals surface area contributed by atoms with E-state index in [1.807, 2.05) is 0 Å². The Bertz CT molecular complexity index is 1840. The molecule has 4 rings (SSSR count). The second-order valence-corrected chi connectivity index (χ2v) is 12.3. The van der Waals surface area contributed by atoms with Gasteiger partial charge in [0.25, 0.3) is 11.8 Å². The van der Waals surface area contributed by atoms with E-state index in [2.05, 4.69) is 21.3 Å². The molecule has 0 atom stereocenters. The number of ether oxygens (including phenoxy) is 2. The van der Waals surface area contributed by atoms with Gasteiger partial charge in [-0.15, -0.1) is 0 Å². The number of hydrogen-bond acceptors (Lipinski definition) is 10. The van der Waals surface area contributed by atoms with Gasteiger partial charge >= 0.3 is 11.9 Å². The van der Waals surface area contributed by atoms with E-state index in [4.69, 9.17) is 33.9 Å². The van der Waals surface area contributed by atoms with Crippen LogP contribution >= 0.6 is 24.4 Å². The van der Waals surface area contributed by atoms with Crippen molar-refractivity contribution in [2.45, 2.75) is 23.6 Å². The van der Waals surface area contributed by atoms with Gasteiger partial charge in [0.2, 0.25) is 9.84 Å². The third-order valence-electron chi connectivity index (χ3n) is 6.07. The molecule has 0 aliphatic rings. The maximum Gasteiger partial charge on any atom is 0.308 e. The highest BCUT2D eigenvalue weighted by Gasteiger charge is 2.19. The Balaban J connectivity index is 1.35. The molecule has 0 unspecified atom stereocenters. The number of carbonyl (C=O) groups excluding carboxylic acids is 4. The lowest BCUT2D eigenvalue weighted by Crippen LogP contribution is -2.34. The highest BCUT2D eigenvalue weighted by Crippen LogP contribution is 2.24. The van der Waals surface area contributed by atoms with Crippen molar-refractivity contribution >= 4 is 79.6 Å². The van der Waals surface area contributed by atoms with Crippen molar-refractivity contribution in [3.8, 4) is 11.5 Å². The van der Waals surface area contributed by atoms with Crippen molar-refractivity contribution < 1.29 is 37.1 Å². The van der Waals surface area contributed by atoms with Gasteiger partial charge in [0.1, 0.15) is 11.5 Å². The van der Waals surface area contributed by atoms with Gasteiger partial charge in [0.05, 0.1) is 20.9 Å². The zero-order valence-corrected chi connectivity index (χ0v) is 27.2. The summed E-state index contributed by atoms with van der Waals surface area (Å²) in [5.74, 6) is -2.23. The van der Waals surface area contributed by atoms with Gasteiger partial charge in [-0.05, 0) is 97.2 Å². The number of para-hydroxylation sites is 2. The SMILES string of the molecule is CC(=O)Oc1ccccc1C(=O)NC(=S)Nc1ccc(S(=O)(=O)c2ccc(NC(=S)NC(=O)c3ccccc3OC(C)=O)cc2)cc1. The van der Waals surface area contributed by atoms with Gasteiger partial charge in [-0.1, -0.05) is 24.3 Å². The fraction of sp³-hybridized carbons (Fsp3) is 0.0625. The van der Waals surface area contributed by atoms with E-state index < -0.39 is 33.6 Å². The summed E-state index contributed by atoms with van der Waals surface area (Å²) >= 11 is 10.4. The predicted molar refractivity (Wildman–Crippen MR) is 181 cm³/mol. The largest absolute Gasteiger partial charge is 0.426 e. The molecule has 0 fully saturated rings. The third kappa shape index (κ3) is 9.26. The molecule has 12 nitrogen and oxygen atoms in total. The first-order chi connectivity index (χ1) is 22.3. The molecule has 0 aliphatic carbocycles. The minimum absolute atomic E-state index is 0.00301. The van der Waals surface area contributed by atoms with Crippen LogP contribution in [0.15, 0.2) is 107 Å². The molecule has 2 amide bonds. The quantitative estimate of drug-likeness (QED) is 0.115. The van der Waals surface area contributed by atoms with Crippen molar-refractivity contribution in [1.29, 1.82) is 0 Å². The molecule has 0 aliphatic heterocycles. The zero-order valence-electron chi connectivity index (χ0n) is 24.7. The molecule has 15 heteroatoms. The van der Waals surface area contributed by atoms with Gasteiger partial charge in [0, 0.05) is 25.2 Å². The average Bonchev–Trinajstić information content (AvgIpc) is 3.01. The van der Waals surface area contributed by atoms with E-state index in [9.17, 15) is 27.6 Å². The van der Waals surface area contributed by atoms with Crippen LogP contribution in [0.5, 0.6) is 11.5 Å². The molecule has 0 heterocycles. The summed E-state index contributed by atoms with van der Waals surface area (Å²) in [6.07, 6.45) is 0. The number of sulfone groups is 1. The Labute approximate surface area is 280 Å². The molecule has 0 saturated heterocycles. The lowest BCUT2D eigenvalue weighted by Gasteiger charge is -2.13. The molecule has 4 aromatic rings. The predicted octanol–water partition coefficient (Wildman–Crippen LogP) is 4.62. The van der Waals surface area contributed by atoms with Crippen LogP contribution in [0, 0.1) is 0 Å². The smallest absolute Gasteiger partial charge is 0.308 e. The third-order valence-corrected chi connectivity index (χ3v) is 8.26. The molecule has 47 heavy (non-hydrogen) atoms. The number of rotatable bonds is 8. The van der Waals surface area contributed by atoms with Gasteiger partial charge in [-0.25, -0.2) is 8.42 Å². The fourth-order valence-corrected chi connectivity index (χ4v) is 5.71. The van der Waals surface area contributed by atoms with Crippen LogP contribution in [-0.2, 0) is 19.4 Å². The van der Waals surface area contributed by atoms with Crippen LogP contribution < -0.4 is 30.7 Å². The van der Waals surface area contributed by atoms with Gasteiger partial charge in [0.15, 0.2) is 10.2 Å². The molecule has 0 spiro atoms. The van der Waals surface area contributed by atoms with E-state index in [0.717, 1.165) is 0 Å². The first-order valence-corrected chi connectivity index (χ1v) is 15.9. The highest BCUT2D eigenvalue weighted by atomic mass is 32.2. The summed E-state index contributed by atoms with van der Waals surface area (Å²) in [5, 5.41) is 10.5. The number of anilines is 2. The molecule has 4 aromatic carbocycles. The number of amides is 2. The summed E-state index contributed by atoms with van der Waals surface area (Å²) in [6.45, 7) is 2.44. The monoisotopic (exact) mass is 690 g/mol. The first-order valence-electron chi connectivity index (χ1n) is 13.6. The van der Waals surface area contributed by atoms with Crippen LogP contribution in [0.1, 0.15) is 34.6 Å². The van der Waals surface area contributed by atoms with Crippen LogP contribution in [0.4, 0.5) is 11.4 Å². The number of hydrogen-bond donors (Lipinski definition) is 4. The Morgan fingerprint density at radius 1 is 0.553 bits per heavy atom. The molecule has 0 bridgehead atoms. The Kier molecular flexibility index (Phi) is 11.1. The maximum absolute atomic E-state index is 13.2. The molecule has 0 saturated carbocycles. The first kappa shape index (κ1) is 34.4. The van der Waals surface area contributed by atoms with Crippen molar-refractivity contribution in [2.24, 2.45) is 0 Å². The fourth-order valence-electron chi connectivity index (χ4n) is 4.03. The van der Waals surface area contributed by atoms with Crippen LogP contribution in [0.2, 0.25) is 0 Å². The molecular formula is C32H26N4O8S3. The lowest BCUT2D eigenvalue weighted by molar-refractivity contribution is -0.132. The van der Waals surface area contributed by atoms with E-state index in [0.29, 0.717) is 11.4 Å². The second-order valence-electron chi connectivity index (χ2n) is 9.55. The molecule has 4 N–H and O–H groups in total. The Morgan fingerprint density at radius 3 is 1.23 bits per heavy atom. The topological polar surface area (TPSA) is 169 Å². The summed E-state index contributed by atoms with van der Waals surface area (Å²) in [5.41, 5.74) is 1.02. The minimum atomic E-state index is -3.91. The second kappa shape index (κ2) is 15.2. The van der Waals surface area contributed by atoms with E-state index >= 15 is 0 Å². The van der Waals surface area contributed by atoms with Gasteiger partial charge in [-0.3, -0.25) is 29.8 Å². The number of thiocarbonyl (C=S) groups is 2. The summed E-state index contributed by atoms with van der Waals surface area (Å²) in [4.78, 5) is 48.0. The van der Waals surface area contributed by atoms with Crippen LogP contribution in [-0.4, -0.2) is 42.4 Å². The van der Waals surface area contributed by atoms with Crippen molar-refractivity contribution in [1.82, 2.24) is 10.6 Å². The lowest BCUT2D eigenvalue weighted by atomic mass is 10.2. The summed E-state index contributed by atoms with van der Waals surface area (Å²) in [7, 11) is -3.91. The number of benzene rings is 4. The summed E-state index contributed by atoms with van der Waals surface area (Å²) in [6, 6.07) is 23.8. The number of esters is 2. The van der Waals surface area contributed by atoms with E-state index in [1.165, 1.54) is 86.6 Å². The molecule has 0 aromatic heterocycles. The van der Waals surface area contributed by atoms with Gasteiger partial charge in [-0.2, -0.15) is 0 Å². The normalized spacial score (nSPS) is 10.6. The molecular weight excluding hydrogens is 665 g/mol. The maximum atomic E-state index is 13.2. The van der Waals surface area contributed by atoms with Gasteiger partial charge < -0.3 is 20.1 Å². The molecule has 0 radical (unpaired) electrons. The average molecular weight is 691 g/mol. The Hall–Kier alpha value is -5.51. The minimum Gasteiger partial charge on any atom is -0.426 e. The number of nitrogens with one attached hydrogen (secondary N) is 4.